The van der Waals surface area contributed by atoms with Gasteiger partial charge in [0.05, 0.1) is 6.54 Å². The van der Waals surface area contributed by atoms with Crippen LogP contribution in [0, 0.1) is 6.92 Å². The molecule has 5 heteroatoms. The van der Waals surface area contributed by atoms with Crippen LogP contribution in [0.3, 0.4) is 0 Å². The van der Waals surface area contributed by atoms with E-state index in [9.17, 15) is 5.11 Å². The predicted molar refractivity (Wildman–Crippen MR) is 111 cm³/mol. The monoisotopic (exact) mass is 439 g/mol. The molecule has 4 nitrogen and oxygen atoms in total. The van der Waals surface area contributed by atoms with Crippen LogP contribution in [0.5, 0.6) is 5.75 Å². The van der Waals surface area contributed by atoms with Gasteiger partial charge in [0.1, 0.15) is 5.75 Å². The van der Waals surface area contributed by atoms with Crippen molar-refractivity contribution >= 4 is 29.9 Å². The van der Waals surface area contributed by atoms with E-state index >= 15 is 0 Å². The van der Waals surface area contributed by atoms with Gasteiger partial charge in [0.2, 0.25) is 0 Å². The van der Waals surface area contributed by atoms with Crippen LogP contribution in [-0.2, 0) is 13.0 Å². The molecule has 0 fully saturated rings. The van der Waals surface area contributed by atoms with E-state index in [4.69, 9.17) is 0 Å². The third kappa shape index (κ3) is 7.21. The topological polar surface area (TPSA) is 56.7 Å². The average Bonchev–Trinajstić information content (AvgIpc) is 2.53. The zero-order valence-electron chi connectivity index (χ0n) is 14.2. The number of aromatic hydroxyl groups is 1. The van der Waals surface area contributed by atoms with Crippen molar-refractivity contribution < 1.29 is 5.11 Å². The van der Waals surface area contributed by atoms with Crippen LogP contribution in [0.2, 0.25) is 0 Å². The Hall–Kier alpha value is -1.76. The van der Waals surface area contributed by atoms with Crippen LogP contribution in [0.4, 0.5) is 0 Å². The number of hydrogen-bond donors (Lipinski definition) is 3. The molecule has 0 aromatic heterocycles. The largest absolute Gasteiger partial charge is 0.508 e. The van der Waals surface area contributed by atoms with Gasteiger partial charge in [-0.05, 0) is 43.5 Å². The first-order valence-corrected chi connectivity index (χ1v) is 8.03. The van der Waals surface area contributed by atoms with Crippen LogP contribution in [-0.4, -0.2) is 24.2 Å². The van der Waals surface area contributed by atoms with Crippen LogP contribution in [0.25, 0.3) is 0 Å². The summed E-state index contributed by atoms with van der Waals surface area (Å²) in [5.41, 5.74) is 3.56. The molecular formula is C19H26IN3O. The van der Waals surface area contributed by atoms with Gasteiger partial charge < -0.3 is 15.7 Å². The second-order valence-corrected chi connectivity index (χ2v) is 5.53. The molecule has 2 aromatic rings. The number of halogens is 1. The fourth-order valence-corrected chi connectivity index (χ4v) is 2.36. The Bertz CT molecular complexity index is 659. The van der Waals surface area contributed by atoms with E-state index in [1.54, 1.807) is 12.1 Å². The number of phenolic OH excluding ortho intramolecular Hbond substituents is 1. The van der Waals surface area contributed by atoms with Gasteiger partial charge in [0.25, 0.3) is 0 Å². The Balaban J connectivity index is 0.00000288. The van der Waals surface area contributed by atoms with Crippen molar-refractivity contribution in [2.75, 3.05) is 13.1 Å². The zero-order chi connectivity index (χ0) is 16.5. The molecule has 130 valence electrons. The van der Waals surface area contributed by atoms with Gasteiger partial charge in [0, 0.05) is 13.1 Å². The predicted octanol–water partition coefficient (Wildman–Crippen LogP) is 3.62. The van der Waals surface area contributed by atoms with Crippen molar-refractivity contribution in [3.05, 3.63) is 65.2 Å². The fraction of sp³-hybridized carbons (Fsp3) is 0.316. The van der Waals surface area contributed by atoms with Crippen molar-refractivity contribution in [2.45, 2.75) is 26.8 Å². The number of nitrogens with one attached hydrogen (secondary N) is 2. The lowest BCUT2D eigenvalue weighted by Crippen LogP contribution is -2.38. The highest BCUT2D eigenvalue weighted by Crippen LogP contribution is 2.10. The summed E-state index contributed by atoms with van der Waals surface area (Å²) >= 11 is 0. The number of rotatable bonds is 6. The standard InChI is InChI=1S/C19H25N3O.HI/c1-3-20-19(22-14-17-8-4-6-15(2)12-17)21-11-10-16-7-5-9-18(23)13-16;/h4-9,12-13,23H,3,10-11,14H2,1-2H3,(H2,20,21,22);1H. The lowest BCUT2D eigenvalue weighted by atomic mass is 10.1. The van der Waals surface area contributed by atoms with Crippen molar-refractivity contribution in [2.24, 2.45) is 4.99 Å². The molecule has 24 heavy (non-hydrogen) atoms. The van der Waals surface area contributed by atoms with Gasteiger partial charge in [-0.15, -0.1) is 24.0 Å². The molecule has 3 N–H and O–H groups in total. The summed E-state index contributed by atoms with van der Waals surface area (Å²) < 4.78 is 0. The number of phenols is 1. The average molecular weight is 439 g/mol. The summed E-state index contributed by atoms with van der Waals surface area (Å²) in [6, 6.07) is 15.7. The summed E-state index contributed by atoms with van der Waals surface area (Å²) in [6.45, 7) is 6.39. The molecule has 0 spiro atoms. The maximum Gasteiger partial charge on any atom is 0.191 e. The Morgan fingerprint density at radius 1 is 1.04 bits per heavy atom. The van der Waals surface area contributed by atoms with E-state index in [0.717, 1.165) is 31.0 Å². The van der Waals surface area contributed by atoms with Crippen molar-refractivity contribution in [1.82, 2.24) is 10.6 Å². The molecule has 0 amide bonds. The molecule has 0 heterocycles. The quantitative estimate of drug-likeness (QED) is 0.366. The van der Waals surface area contributed by atoms with Crippen LogP contribution in [0.15, 0.2) is 53.5 Å². The fourth-order valence-electron chi connectivity index (χ4n) is 2.36. The van der Waals surface area contributed by atoms with Gasteiger partial charge in [-0.25, -0.2) is 4.99 Å². The van der Waals surface area contributed by atoms with E-state index in [1.165, 1.54) is 11.1 Å². The summed E-state index contributed by atoms with van der Waals surface area (Å²) in [6.07, 6.45) is 0.837. The summed E-state index contributed by atoms with van der Waals surface area (Å²) in [5.74, 6) is 1.12. The SMILES string of the molecule is CCNC(=NCc1cccc(C)c1)NCCc1cccc(O)c1.I. The van der Waals surface area contributed by atoms with E-state index in [-0.39, 0.29) is 24.0 Å². The normalized spacial score (nSPS) is 10.8. The number of hydrogen-bond acceptors (Lipinski definition) is 2. The number of nitrogens with zero attached hydrogens (tertiary/aromatic N) is 1. The maximum atomic E-state index is 9.48. The molecule has 2 aromatic carbocycles. The smallest absolute Gasteiger partial charge is 0.191 e. The molecule has 0 aliphatic carbocycles. The lowest BCUT2D eigenvalue weighted by molar-refractivity contribution is 0.474. The van der Waals surface area contributed by atoms with Crippen molar-refractivity contribution in [3.63, 3.8) is 0 Å². The molecule has 0 saturated carbocycles. The second kappa shape index (κ2) is 10.9. The van der Waals surface area contributed by atoms with E-state index in [1.807, 2.05) is 12.1 Å². The lowest BCUT2D eigenvalue weighted by Gasteiger charge is -2.11. The van der Waals surface area contributed by atoms with E-state index < -0.39 is 0 Å². The maximum absolute atomic E-state index is 9.48. The third-order valence-corrected chi connectivity index (χ3v) is 3.46. The molecule has 0 aliphatic rings. The van der Waals surface area contributed by atoms with Gasteiger partial charge in [-0.3, -0.25) is 0 Å². The van der Waals surface area contributed by atoms with E-state index in [0.29, 0.717) is 12.3 Å². The zero-order valence-corrected chi connectivity index (χ0v) is 16.6. The minimum Gasteiger partial charge on any atom is -0.508 e. The number of guanidine groups is 1. The Labute approximate surface area is 161 Å². The van der Waals surface area contributed by atoms with Gasteiger partial charge in [-0.1, -0.05) is 42.0 Å². The molecule has 2 rings (SSSR count). The van der Waals surface area contributed by atoms with Gasteiger partial charge in [-0.2, -0.15) is 0 Å². The second-order valence-electron chi connectivity index (χ2n) is 5.53. The molecule has 0 aliphatic heterocycles. The molecule has 0 bridgehead atoms. The summed E-state index contributed by atoms with van der Waals surface area (Å²) in [5, 5.41) is 16.1. The summed E-state index contributed by atoms with van der Waals surface area (Å²) in [7, 11) is 0. The van der Waals surface area contributed by atoms with E-state index in [2.05, 4.69) is 53.7 Å². The number of benzene rings is 2. The van der Waals surface area contributed by atoms with Crippen molar-refractivity contribution in [3.8, 4) is 5.75 Å². The first-order chi connectivity index (χ1) is 11.2. The molecule has 0 saturated heterocycles. The number of aryl methyl sites for hydroxylation is 1. The molecule has 0 radical (unpaired) electrons. The minimum absolute atomic E-state index is 0. The van der Waals surface area contributed by atoms with Gasteiger partial charge >= 0.3 is 0 Å². The Kier molecular flexibility index (Phi) is 9.22. The number of aliphatic imine (C=N–C) groups is 1. The minimum atomic E-state index is 0. The molecule has 0 unspecified atom stereocenters. The Morgan fingerprint density at radius 3 is 2.50 bits per heavy atom. The molecule has 0 atom stereocenters. The summed E-state index contributed by atoms with van der Waals surface area (Å²) in [4.78, 5) is 4.62. The molecular weight excluding hydrogens is 413 g/mol. The van der Waals surface area contributed by atoms with Crippen LogP contribution in [0.1, 0.15) is 23.6 Å². The highest BCUT2D eigenvalue weighted by Gasteiger charge is 1.99. The highest BCUT2D eigenvalue weighted by molar-refractivity contribution is 14.0. The van der Waals surface area contributed by atoms with Crippen molar-refractivity contribution in [1.29, 1.82) is 0 Å². The first kappa shape index (κ1) is 20.3. The first-order valence-electron chi connectivity index (χ1n) is 8.03. The van der Waals surface area contributed by atoms with Gasteiger partial charge in [0.15, 0.2) is 5.96 Å². The third-order valence-electron chi connectivity index (χ3n) is 3.46. The Morgan fingerprint density at radius 2 is 1.79 bits per heavy atom. The van der Waals surface area contributed by atoms with Crippen LogP contribution < -0.4 is 10.6 Å². The highest BCUT2D eigenvalue weighted by atomic mass is 127. The van der Waals surface area contributed by atoms with Crippen LogP contribution >= 0.6 is 24.0 Å².